The van der Waals surface area contributed by atoms with E-state index in [1.165, 1.54) is 22.9 Å². The van der Waals surface area contributed by atoms with Gasteiger partial charge in [0.2, 0.25) is 0 Å². The zero-order chi connectivity index (χ0) is 74.8. The van der Waals surface area contributed by atoms with Gasteiger partial charge >= 0.3 is 0 Å². The van der Waals surface area contributed by atoms with Gasteiger partial charge in [0.05, 0.1) is 24.7 Å². The number of carbonyl (C=O) groups is 5. The molecular formula is C75H68F6N16O8. The van der Waals surface area contributed by atoms with Crippen LogP contribution in [0.2, 0.25) is 0 Å². The average Bonchev–Trinajstić information content (AvgIpc) is 1.59. The summed E-state index contributed by atoms with van der Waals surface area (Å²) in [5, 5.41) is 22.9. The number of carbonyl (C=O) groups excluding carboxylic acids is 5. The number of halogens is 6. The molecule has 5 fully saturated rings. The van der Waals surface area contributed by atoms with Gasteiger partial charge in [0.25, 0.3) is 29.5 Å². The second kappa shape index (κ2) is 29.6. The van der Waals surface area contributed by atoms with Gasteiger partial charge in [-0.25, -0.2) is 40.4 Å². The Balaban J connectivity index is 0.000000149. The van der Waals surface area contributed by atoms with Crippen LogP contribution in [0.3, 0.4) is 0 Å². The lowest BCUT2D eigenvalue weighted by Gasteiger charge is -2.39. The lowest BCUT2D eigenvalue weighted by Crippen LogP contribution is -2.49. The monoisotopic (exact) mass is 1430 g/mol. The zero-order valence-corrected chi connectivity index (χ0v) is 56.5. The standard InChI is InChI=1S/2C27H25F2N5O3.C21H18F2N6O2/c2*1-2-3-22(35)33-15-18(10-11-27(33)12-13-27)34-25(30)23(26(31)36)24(32-34)16-4-7-19(8-5-16)37-21-9-6-17(28)14-20(21)29;22-13-3-6-17(16(23)9-13)31-15-4-1-12(2-5-15)19-18(21(26)30)20(25)29(27-19)14-7-8-28(10-14)11-24/h2*4-9,14,18H,10-13,15,30H2,1H3,(H2,31,36);1-6,9,14H,7-8,10,25H2,(H2,26,30)/t2*18-;/m10./s1. The van der Waals surface area contributed by atoms with Crippen molar-refractivity contribution in [2.75, 3.05) is 43.4 Å². The van der Waals surface area contributed by atoms with E-state index in [9.17, 15) is 50.3 Å². The van der Waals surface area contributed by atoms with Gasteiger partial charge in [-0.2, -0.15) is 20.6 Å². The van der Waals surface area contributed by atoms with E-state index < -0.39 is 52.6 Å². The van der Waals surface area contributed by atoms with Crippen LogP contribution in [-0.2, 0) is 9.59 Å². The van der Waals surface area contributed by atoms with E-state index in [0.29, 0.717) is 83.6 Å². The number of benzene rings is 6. The molecule has 9 aromatic rings. The highest BCUT2D eigenvalue weighted by Crippen LogP contribution is 2.52. The molecule has 30 heteroatoms. The SMILES string of the molecule is CC#CC(=O)N1C[C@@H](n2nc(-c3ccc(Oc4ccc(F)cc4F)cc3)c(C(N)=O)c2N)CCC12CC2.CC#CC(=O)N1C[C@H](n2nc(-c3ccc(Oc4ccc(F)cc4F)cc3)c(C(N)=O)c2N)CCC12CC2.N#CN1CCC(n2nc(-c3ccc(Oc4ccc(F)cc4F)cc3)c(C(N)=O)c2N)C1. The van der Waals surface area contributed by atoms with Crippen molar-refractivity contribution in [2.45, 2.75) is 101 Å². The summed E-state index contributed by atoms with van der Waals surface area (Å²) >= 11 is 0. The van der Waals surface area contributed by atoms with Gasteiger partial charge in [0.1, 0.15) is 85.9 Å². The number of primary amides is 3. The Bertz CT molecular complexity index is 4860. The molecule has 3 atom stereocenters. The van der Waals surface area contributed by atoms with Gasteiger partial charge in [-0.3, -0.25) is 24.0 Å². The number of rotatable bonds is 15. The summed E-state index contributed by atoms with van der Waals surface area (Å²) in [6.45, 7) is 5.04. The Hall–Kier alpha value is -12.9. The van der Waals surface area contributed by atoms with E-state index in [1.54, 1.807) is 101 Å². The minimum atomic E-state index is -0.829. The molecule has 2 aliphatic carbocycles. The van der Waals surface area contributed by atoms with Crippen LogP contribution in [0.25, 0.3) is 33.8 Å². The molecule has 0 radical (unpaired) electrons. The van der Waals surface area contributed by atoms with Crippen molar-refractivity contribution < 1.29 is 64.5 Å². The summed E-state index contributed by atoms with van der Waals surface area (Å²) in [5.41, 5.74) is 38.3. The van der Waals surface area contributed by atoms with Gasteiger partial charge < -0.3 is 63.3 Å². The molecule has 5 amide bonds. The first-order valence-electron chi connectivity index (χ1n) is 33.2. The number of likely N-dealkylation sites (tertiary alicyclic amines) is 3. The molecule has 3 saturated heterocycles. The fourth-order valence-electron chi connectivity index (χ4n) is 13.4. The van der Waals surface area contributed by atoms with Crippen molar-refractivity contribution >= 4 is 47.0 Å². The van der Waals surface area contributed by atoms with Gasteiger partial charge in [-0.15, -0.1) is 0 Å². The molecule has 0 bridgehead atoms. The molecule has 6 aromatic carbocycles. The number of nitrogens with zero attached hydrogens (tertiary/aromatic N) is 10. The van der Waals surface area contributed by atoms with Crippen molar-refractivity contribution in [3.63, 3.8) is 0 Å². The van der Waals surface area contributed by atoms with E-state index in [1.807, 2.05) is 9.80 Å². The van der Waals surface area contributed by atoms with Gasteiger partial charge in [-0.05, 0) is 193 Å². The molecule has 2 saturated carbocycles. The van der Waals surface area contributed by atoms with Crippen LogP contribution < -0.4 is 48.6 Å². The minimum absolute atomic E-state index is 0.0798. The summed E-state index contributed by atoms with van der Waals surface area (Å²) in [4.78, 5) is 67.4. The maximum atomic E-state index is 13.9. The number of nitrogen functional groups attached to an aromatic ring is 3. The highest BCUT2D eigenvalue weighted by molar-refractivity contribution is 6.05. The molecule has 14 rings (SSSR count). The number of amides is 5. The van der Waals surface area contributed by atoms with Gasteiger partial charge in [-0.1, -0.05) is 11.8 Å². The zero-order valence-electron chi connectivity index (χ0n) is 56.5. The molecule has 3 aliphatic heterocycles. The third-order valence-corrected chi connectivity index (χ3v) is 19.1. The minimum Gasteiger partial charge on any atom is -0.454 e. The number of nitrogens with two attached hydrogens (primary N) is 6. The van der Waals surface area contributed by atoms with E-state index in [0.717, 1.165) is 87.8 Å². The number of hydrogen-bond acceptors (Lipinski definition) is 16. The van der Waals surface area contributed by atoms with E-state index in [4.69, 9.17) is 53.9 Å². The fraction of sp³-hybridized carbons (Fsp3) is 0.267. The number of nitriles is 1. The maximum Gasteiger partial charge on any atom is 0.298 e. The molecule has 2 spiro atoms. The molecular weight excluding hydrogens is 1370 g/mol. The summed E-state index contributed by atoms with van der Waals surface area (Å²) in [5.74, 6) is 4.33. The van der Waals surface area contributed by atoms with Crippen molar-refractivity contribution in [3.8, 4) is 98.1 Å². The molecule has 5 aliphatic rings. The van der Waals surface area contributed by atoms with Crippen molar-refractivity contribution in [1.29, 1.82) is 5.26 Å². The molecule has 12 N–H and O–H groups in total. The maximum absolute atomic E-state index is 13.9. The van der Waals surface area contributed by atoms with Crippen LogP contribution in [0.15, 0.2) is 127 Å². The quantitative estimate of drug-likeness (QED) is 0.0315. The van der Waals surface area contributed by atoms with Crippen LogP contribution in [0, 0.1) is 70.0 Å². The number of aromatic nitrogens is 6. The largest absolute Gasteiger partial charge is 0.454 e. The van der Waals surface area contributed by atoms with Crippen molar-refractivity contribution in [1.82, 2.24) is 44.0 Å². The number of hydrogen-bond donors (Lipinski definition) is 6. The third-order valence-electron chi connectivity index (χ3n) is 19.1. The number of piperidine rings is 2. The lowest BCUT2D eigenvalue weighted by molar-refractivity contribution is -0.131. The summed E-state index contributed by atoms with van der Waals surface area (Å²) in [6.07, 6.45) is 9.59. The molecule has 1 unspecified atom stereocenters. The lowest BCUT2D eigenvalue weighted by atomic mass is 9.96. The summed E-state index contributed by atoms with van der Waals surface area (Å²) in [6, 6.07) is 27.7. The van der Waals surface area contributed by atoms with Crippen LogP contribution in [-0.4, -0.2) is 111 Å². The van der Waals surface area contributed by atoms with E-state index in [2.05, 4.69) is 45.2 Å². The van der Waals surface area contributed by atoms with Crippen LogP contribution in [0.5, 0.6) is 34.5 Å². The topological polar surface area (TPSA) is 356 Å². The Morgan fingerprint density at radius 1 is 0.448 bits per heavy atom. The van der Waals surface area contributed by atoms with Crippen molar-refractivity contribution in [3.05, 3.63) is 179 Å². The molecule has 6 heterocycles. The molecule has 24 nitrogen and oxygen atoms in total. The van der Waals surface area contributed by atoms with Gasteiger partial charge in [0.15, 0.2) is 40.9 Å². The second-order valence-electron chi connectivity index (χ2n) is 25.8. The normalized spacial score (nSPS) is 17.1. The number of anilines is 3. The van der Waals surface area contributed by atoms with Crippen LogP contribution >= 0.6 is 0 Å². The first-order valence-corrected chi connectivity index (χ1v) is 33.2. The Labute approximate surface area is 596 Å². The molecule has 105 heavy (non-hydrogen) atoms. The van der Waals surface area contributed by atoms with E-state index >= 15 is 0 Å². The third kappa shape index (κ3) is 15.1. The fourth-order valence-corrected chi connectivity index (χ4v) is 13.4. The Morgan fingerprint density at radius 2 is 0.752 bits per heavy atom. The van der Waals surface area contributed by atoms with Crippen LogP contribution in [0.4, 0.5) is 43.8 Å². The van der Waals surface area contributed by atoms with Crippen molar-refractivity contribution in [2.24, 2.45) is 17.2 Å². The summed E-state index contributed by atoms with van der Waals surface area (Å²) in [7, 11) is 0. The highest BCUT2D eigenvalue weighted by atomic mass is 19.2. The van der Waals surface area contributed by atoms with E-state index in [-0.39, 0.29) is 92.4 Å². The predicted octanol–water partition coefficient (Wildman–Crippen LogP) is 11.1. The number of ether oxygens (including phenoxy) is 3. The first kappa shape index (κ1) is 71.9. The highest BCUT2D eigenvalue weighted by Gasteiger charge is 2.54. The smallest absolute Gasteiger partial charge is 0.298 e. The Morgan fingerprint density at radius 3 is 1.01 bits per heavy atom. The van der Waals surface area contributed by atoms with Gasteiger partial charge in [0, 0.05) is 65.6 Å². The average molecular weight is 1440 g/mol. The predicted molar refractivity (Wildman–Crippen MR) is 373 cm³/mol. The van der Waals surface area contributed by atoms with Crippen LogP contribution in [0.1, 0.15) is 121 Å². The first-order chi connectivity index (χ1) is 50.3. The molecule has 538 valence electrons. The summed E-state index contributed by atoms with van der Waals surface area (Å²) < 4.78 is 102. The second-order valence-corrected chi connectivity index (χ2v) is 25.8. The molecule has 3 aromatic heterocycles. The Kier molecular flexibility index (Phi) is 20.3.